The first-order valence-corrected chi connectivity index (χ1v) is 6.57. The Balaban J connectivity index is 2.45. The fourth-order valence-corrected chi connectivity index (χ4v) is 4.27. The largest absolute Gasteiger partial charge is 0.112 e. The van der Waals surface area contributed by atoms with Crippen molar-refractivity contribution in [3.8, 4) is 0 Å². The van der Waals surface area contributed by atoms with Gasteiger partial charge < -0.3 is 0 Å². The number of allylic oxidation sites excluding steroid dienone is 2. The van der Waals surface area contributed by atoms with Gasteiger partial charge in [-0.3, -0.25) is 0 Å². The summed E-state index contributed by atoms with van der Waals surface area (Å²) < 4.78 is -0.0428. The normalized spacial score (nSPS) is 43.3. The second-order valence-corrected chi connectivity index (χ2v) is 10.2. The quantitative estimate of drug-likeness (QED) is 0.416. The van der Waals surface area contributed by atoms with Gasteiger partial charge in [0.15, 0.2) is 0 Å². The number of hydrogen-bond acceptors (Lipinski definition) is 0. The van der Waals surface area contributed by atoms with E-state index >= 15 is 0 Å². The monoisotopic (exact) mass is 406 g/mol. The molecular weight excluding hydrogens is 404 g/mol. The maximum Gasteiger partial charge on any atom is 0.112 e. The maximum atomic E-state index is 3.69. The second kappa shape index (κ2) is 2.58. The van der Waals surface area contributed by atoms with Crippen LogP contribution >= 0.6 is 63.7 Å². The first-order valence-electron chi connectivity index (χ1n) is 3.40. The van der Waals surface area contributed by atoms with E-state index < -0.39 is 0 Å². The van der Waals surface area contributed by atoms with Gasteiger partial charge in [-0.15, -0.1) is 0 Å². The zero-order valence-corrected chi connectivity index (χ0v) is 11.9. The van der Waals surface area contributed by atoms with Gasteiger partial charge in [-0.2, -0.15) is 0 Å². The van der Waals surface area contributed by atoms with Gasteiger partial charge >= 0.3 is 0 Å². The van der Waals surface area contributed by atoms with Gasteiger partial charge in [0.2, 0.25) is 0 Å². The second-order valence-electron chi connectivity index (χ2n) is 3.08. The van der Waals surface area contributed by atoms with Crippen LogP contribution in [0.25, 0.3) is 0 Å². The highest BCUT2D eigenvalue weighted by Gasteiger charge is 2.61. The summed E-state index contributed by atoms with van der Waals surface area (Å²) in [4.78, 5) is 0. The lowest BCUT2D eigenvalue weighted by atomic mass is 10.1. The van der Waals surface area contributed by atoms with Crippen molar-refractivity contribution >= 4 is 63.7 Å². The van der Waals surface area contributed by atoms with Crippen LogP contribution in [0.4, 0.5) is 0 Å². The number of alkyl halides is 4. The van der Waals surface area contributed by atoms with Crippen LogP contribution in [0.1, 0.15) is 6.42 Å². The van der Waals surface area contributed by atoms with Crippen molar-refractivity contribution in [2.75, 3.05) is 0 Å². The minimum atomic E-state index is -0.0214. The molecule has 2 rings (SSSR count). The first-order chi connectivity index (χ1) is 4.96. The Labute approximate surface area is 99.7 Å². The zero-order valence-electron chi connectivity index (χ0n) is 5.53. The molecule has 62 valence electrons. The Morgan fingerprint density at radius 2 is 1.27 bits per heavy atom. The Morgan fingerprint density at radius 1 is 0.909 bits per heavy atom. The average molecular weight is 410 g/mol. The summed E-state index contributed by atoms with van der Waals surface area (Å²) in [6.07, 6.45) is 5.76. The molecule has 0 aromatic heterocycles. The summed E-state index contributed by atoms with van der Waals surface area (Å²) in [6.45, 7) is 0. The molecule has 1 fully saturated rings. The smallest absolute Gasteiger partial charge is 0.0827 e. The topological polar surface area (TPSA) is 0 Å². The van der Waals surface area contributed by atoms with E-state index in [9.17, 15) is 0 Å². The molecule has 0 nitrogen and oxygen atoms in total. The van der Waals surface area contributed by atoms with Gasteiger partial charge in [-0.1, -0.05) is 75.9 Å². The van der Waals surface area contributed by atoms with Gasteiger partial charge in [0.05, 0.1) is 0 Å². The Kier molecular flexibility index (Phi) is 2.16. The molecule has 4 heteroatoms. The van der Waals surface area contributed by atoms with Gasteiger partial charge in [0, 0.05) is 11.8 Å². The van der Waals surface area contributed by atoms with Crippen LogP contribution in [-0.2, 0) is 0 Å². The van der Waals surface area contributed by atoms with Crippen LogP contribution in [0.3, 0.4) is 0 Å². The lowest BCUT2D eigenvalue weighted by Crippen LogP contribution is -2.37. The molecule has 2 bridgehead atoms. The zero-order chi connectivity index (χ0) is 8.28. The van der Waals surface area contributed by atoms with E-state index in [0.717, 1.165) is 0 Å². The van der Waals surface area contributed by atoms with Crippen LogP contribution in [-0.4, -0.2) is 6.47 Å². The molecule has 0 spiro atoms. The van der Waals surface area contributed by atoms with Crippen molar-refractivity contribution in [3.05, 3.63) is 12.2 Å². The molecule has 2 unspecified atom stereocenters. The summed E-state index contributed by atoms with van der Waals surface area (Å²) in [5.74, 6) is 1.18. The standard InChI is InChI=1S/C7H6Br4/c8-6(9)4-1-2-5(3-4)7(6,10)11/h1-2,4-5H,3H2. The summed E-state index contributed by atoms with van der Waals surface area (Å²) in [7, 11) is 0. The van der Waals surface area contributed by atoms with E-state index in [1.807, 2.05) is 0 Å². The van der Waals surface area contributed by atoms with Crippen molar-refractivity contribution in [1.82, 2.24) is 0 Å². The highest BCUT2D eigenvalue weighted by atomic mass is 79.9. The molecule has 0 radical (unpaired) electrons. The Morgan fingerprint density at radius 3 is 1.45 bits per heavy atom. The van der Waals surface area contributed by atoms with Crippen LogP contribution in [0, 0.1) is 11.8 Å². The average Bonchev–Trinajstić information content (AvgIpc) is 2.37. The Hall–Kier alpha value is 1.66. The van der Waals surface area contributed by atoms with Gasteiger partial charge in [0.25, 0.3) is 0 Å². The summed E-state index contributed by atoms with van der Waals surface area (Å²) in [5.41, 5.74) is 0. The molecule has 0 heterocycles. The molecule has 0 N–H and O–H groups in total. The molecule has 2 atom stereocenters. The number of rotatable bonds is 0. The lowest BCUT2D eigenvalue weighted by molar-refractivity contribution is 0.690. The van der Waals surface area contributed by atoms with Crippen molar-refractivity contribution in [1.29, 1.82) is 0 Å². The van der Waals surface area contributed by atoms with E-state index in [1.165, 1.54) is 6.42 Å². The number of fused-ring (bicyclic) bond motifs is 2. The lowest BCUT2D eigenvalue weighted by Gasteiger charge is -2.35. The molecule has 2 aliphatic rings. The molecule has 0 saturated heterocycles. The molecule has 0 aromatic rings. The summed E-state index contributed by atoms with van der Waals surface area (Å²) in [6, 6.07) is 0. The van der Waals surface area contributed by atoms with Crippen LogP contribution in [0.5, 0.6) is 0 Å². The highest BCUT2D eigenvalue weighted by Crippen LogP contribution is 2.67. The predicted octanol–water partition coefficient (Wildman–Crippen LogP) is 4.16. The third-order valence-electron chi connectivity index (χ3n) is 2.46. The van der Waals surface area contributed by atoms with Gasteiger partial charge in [-0.05, 0) is 6.42 Å². The third kappa shape index (κ3) is 1.09. The summed E-state index contributed by atoms with van der Waals surface area (Å²) >= 11 is 14.8. The van der Waals surface area contributed by atoms with Crippen LogP contribution in [0.15, 0.2) is 12.2 Å². The van der Waals surface area contributed by atoms with Crippen LogP contribution < -0.4 is 0 Å². The Bertz CT molecular complexity index is 196. The minimum absolute atomic E-state index is 0.0214. The highest BCUT2D eigenvalue weighted by molar-refractivity contribution is 9.30. The number of hydrogen-bond donors (Lipinski definition) is 0. The SMILES string of the molecule is BrC1(Br)C2C=CC(C2)C1(Br)Br. The molecular formula is C7H6Br4. The van der Waals surface area contributed by atoms with Gasteiger partial charge in [0.1, 0.15) is 6.47 Å². The van der Waals surface area contributed by atoms with E-state index in [0.29, 0.717) is 11.8 Å². The predicted molar refractivity (Wildman–Crippen MR) is 61.9 cm³/mol. The van der Waals surface area contributed by atoms with E-state index in [4.69, 9.17) is 0 Å². The van der Waals surface area contributed by atoms with Crippen molar-refractivity contribution in [2.24, 2.45) is 11.8 Å². The molecule has 2 aliphatic carbocycles. The van der Waals surface area contributed by atoms with E-state index in [-0.39, 0.29) is 6.47 Å². The molecule has 11 heavy (non-hydrogen) atoms. The minimum Gasteiger partial charge on any atom is -0.0827 e. The molecule has 0 aliphatic heterocycles. The molecule has 0 aromatic carbocycles. The molecule has 1 saturated carbocycles. The van der Waals surface area contributed by atoms with Crippen molar-refractivity contribution in [3.63, 3.8) is 0 Å². The molecule has 0 amide bonds. The van der Waals surface area contributed by atoms with E-state index in [1.54, 1.807) is 0 Å². The van der Waals surface area contributed by atoms with E-state index in [2.05, 4.69) is 75.9 Å². The third-order valence-corrected chi connectivity index (χ3v) is 9.44. The van der Waals surface area contributed by atoms with Gasteiger partial charge in [-0.25, -0.2) is 0 Å². The first kappa shape index (κ1) is 9.22. The fourth-order valence-electron chi connectivity index (χ4n) is 1.73. The van der Waals surface area contributed by atoms with Crippen molar-refractivity contribution < 1.29 is 0 Å². The number of halogens is 4. The van der Waals surface area contributed by atoms with Crippen molar-refractivity contribution in [2.45, 2.75) is 12.9 Å². The summed E-state index contributed by atoms with van der Waals surface area (Å²) in [5, 5.41) is 0. The fraction of sp³-hybridized carbons (Fsp3) is 0.714. The maximum absolute atomic E-state index is 3.69. The van der Waals surface area contributed by atoms with Crippen LogP contribution in [0.2, 0.25) is 0 Å².